The Hall–Kier alpha value is -1.49. The summed E-state index contributed by atoms with van der Waals surface area (Å²) in [5.74, 6) is 1.03. The van der Waals surface area contributed by atoms with E-state index in [1.165, 1.54) is 5.56 Å². The van der Waals surface area contributed by atoms with Gasteiger partial charge in [-0.3, -0.25) is 0 Å². The summed E-state index contributed by atoms with van der Waals surface area (Å²) in [6, 6.07) is 13.8. The third-order valence-electron chi connectivity index (χ3n) is 4.39. The van der Waals surface area contributed by atoms with Gasteiger partial charge in [-0.05, 0) is 49.6 Å². The molecule has 0 spiro atoms. The summed E-state index contributed by atoms with van der Waals surface area (Å²) in [6.45, 7) is 0.934. The quantitative estimate of drug-likeness (QED) is 0.506. The first-order chi connectivity index (χ1) is 12.1. The van der Waals surface area contributed by atoms with Crippen LogP contribution in [0.5, 0.6) is 0 Å². The standard InChI is InChI=1S/C19H16BrCl2N3/c20-13-6-4-12(5-7-13)18-15-3-1-2-10-23-19(15)25(24-18)17-9-8-14(21)11-16(17)22/h4-9,11,23H,1-3,10H2. The lowest BCUT2D eigenvalue weighted by molar-refractivity contribution is 0.780. The number of rotatable bonds is 2. The lowest BCUT2D eigenvalue weighted by atomic mass is 10.0. The fourth-order valence-corrected chi connectivity index (χ4v) is 3.92. The van der Waals surface area contributed by atoms with E-state index in [0.29, 0.717) is 10.0 Å². The summed E-state index contributed by atoms with van der Waals surface area (Å²) in [5.41, 5.74) is 4.18. The Morgan fingerprint density at radius 2 is 1.84 bits per heavy atom. The number of hydrogen-bond acceptors (Lipinski definition) is 2. The molecule has 0 atom stereocenters. The zero-order valence-corrected chi connectivity index (χ0v) is 16.5. The number of fused-ring (bicyclic) bond motifs is 1. The summed E-state index contributed by atoms with van der Waals surface area (Å²) in [7, 11) is 0. The van der Waals surface area contributed by atoms with Crippen LogP contribution in [0.2, 0.25) is 10.0 Å². The highest BCUT2D eigenvalue weighted by atomic mass is 79.9. The Kier molecular flexibility index (Phi) is 4.76. The zero-order chi connectivity index (χ0) is 17.4. The number of hydrogen-bond donors (Lipinski definition) is 1. The van der Waals surface area contributed by atoms with Crippen LogP contribution in [0.1, 0.15) is 18.4 Å². The fraction of sp³-hybridized carbons (Fsp3) is 0.211. The van der Waals surface area contributed by atoms with Crippen LogP contribution in [-0.4, -0.2) is 16.3 Å². The van der Waals surface area contributed by atoms with E-state index < -0.39 is 0 Å². The van der Waals surface area contributed by atoms with Crippen LogP contribution in [0, 0.1) is 0 Å². The molecule has 1 N–H and O–H groups in total. The molecule has 2 aromatic carbocycles. The number of anilines is 1. The number of nitrogens with one attached hydrogen (secondary N) is 1. The first-order valence-electron chi connectivity index (χ1n) is 8.20. The SMILES string of the molecule is Clc1ccc(-n2nc(-c3ccc(Br)cc3)c3c2NCCCC3)c(Cl)c1. The van der Waals surface area contributed by atoms with Crippen molar-refractivity contribution in [2.24, 2.45) is 0 Å². The van der Waals surface area contributed by atoms with Gasteiger partial charge in [0.05, 0.1) is 16.4 Å². The Morgan fingerprint density at radius 1 is 1.04 bits per heavy atom. The summed E-state index contributed by atoms with van der Waals surface area (Å²) in [5, 5.41) is 9.65. The highest BCUT2D eigenvalue weighted by Gasteiger charge is 2.22. The van der Waals surface area contributed by atoms with Crippen LogP contribution >= 0.6 is 39.1 Å². The molecular weight excluding hydrogens is 421 g/mol. The van der Waals surface area contributed by atoms with Crippen LogP contribution in [0.4, 0.5) is 5.82 Å². The highest BCUT2D eigenvalue weighted by molar-refractivity contribution is 9.10. The van der Waals surface area contributed by atoms with E-state index in [4.69, 9.17) is 28.3 Å². The average molecular weight is 437 g/mol. The van der Waals surface area contributed by atoms with Crippen LogP contribution in [0.3, 0.4) is 0 Å². The van der Waals surface area contributed by atoms with Gasteiger partial charge in [0, 0.05) is 27.2 Å². The van der Waals surface area contributed by atoms with Crippen molar-refractivity contribution in [1.82, 2.24) is 9.78 Å². The summed E-state index contributed by atoms with van der Waals surface area (Å²) in [6.07, 6.45) is 3.28. The molecule has 1 aliphatic heterocycles. The molecule has 0 radical (unpaired) electrons. The minimum Gasteiger partial charge on any atom is -0.370 e. The third-order valence-corrected chi connectivity index (χ3v) is 5.45. The monoisotopic (exact) mass is 435 g/mol. The van der Waals surface area contributed by atoms with E-state index in [-0.39, 0.29) is 0 Å². The van der Waals surface area contributed by atoms with Gasteiger partial charge in [-0.25, -0.2) is 4.68 Å². The second kappa shape index (κ2) is 7.02. The van der Waals surface area contributed by atoms with Crippen molar-refractivity contribution < 1.29 is 0 Å². The Bertz CT molecular complexity index is 919. The van der Waals surface area contributed by atoms with Crippen molar-refractivity contribution >= 4 is 44.9 Å². The van der Waals surface area contributed by atoms with Gasteiger partial charge in [-0.1, -0.05) is 51.3 Å². The molecule has 128 valence electrons. The van der Waals surface area contributed by atoms with E-state index in [1.54, 1.807) is 6.07 Å². The van der Waals surface area contributed by atoms with Crippen LogP contribution in [0.15, 0.2) is 46.9 Å². The Balaban J connectivity index is 1.91. The maximum atomic E-state index is 6.44. The molecule has 0 saturated carbocycles. The van der Waals surface area contributed by atoms with Gasteiger partial charge in [0.2, 0.25) is 0 Å². The summed E-state index contributed by atoms with van der Waals surface area (Å²) in [4.78, 5) is 0. The molecule has 6 heteroatoms. The normalized spacial score (nSPS) is 13.9. The van der Waals surface area contributed by atoms with Gasteiger partial charge in [0.15, 0.2) is 0 Å². The number of aromatic nitrogens is 2. The predicted molar refractivity (Wildman–Crippen MR) is 108 cm³/mol. The summed E-state index contributed by atoms with van der Waals surface area (Å²) >= 11 is 16.0. The first kappa shape index (κ1) is 17.0. The molecule has 0 amide bonds. The van der Waals surface area contributed by atoms with Crippen LogP contribution in [0.25, 0.3) is 16.9 Å². The molecule has 4 rings (SSSR count). The molecule has 0 fully saturated rings. The van der Waals surface area contributed by atoms with Crippen LogP contribution < -0.4 is 5.32 Å². The second-order valence-electron chi connectivity index (χ2n) is 6.07. The van der Waals surface area contributed by atoms with Crippen molar-refractivity contribution in [2.45, 2.75) is 19.3 Å². The van der Waals surface area contributed by atoms with E-state index in [1.807, 2.05) is 28.9 Å². The zero-order valence-electron chi connectivity index (χ0n) is 13.4. The van der Waals surface area contributed by atoms with E-state index in [2.05, 4.69) is 33.4 Å². The van der Waals surface area contributed by atoms with Crippen LogP contribution in [-0.2, 0) is 6.42 Å². The molecule has 0 bridgehead atoms. The average Bonchev–Trinajstić information content (AvgIpc) is 2.78. The lowest BCUT2D eigenvalue weighted by Crippen LogP contribution is -2.07. The molecule has 25 heavy (non-hydrogen) atoms. The molecule has 3 nitrogen and oxygen atoms in total. The van der Waals surface area contributed by atoms with E-state index in [0.717, 1.165) is 53.0 Å². The Labute approximate surface area is 165 Å². The molecule has 0 aliphatic carbocycles. The fourth-order valence-electron chi connectivity index (χ4n) is 3.17. The molecular formula is C19H16BrCl2N3. The molecule has 3 aromatic rings. The number of halogens is 3. The van der Waals surface area contributed by atoms with Gasteiger partial charge in [0.1, 0.15) is 5.82 Å². The molecule has 2 heterocycles. The largest absolute Gasteiger partial charge is 0.370 e. The van der Waals surface area contributed by atoms with E-state index in [9.17, 15) is 0 Å². The van der Waals surface area contributed by atoms with Gasteiger partial charge in [-0.2, -0.15) is 5.10 Å². The van der Waals surface area contributed by atoms with Crippen molar-refractivity contribution in [3.63, 3.8) is 0 Å². The van der Waals surface area contributed by atoms with Crippen molar-refractivity contribution in [2.75, 3.05) is 11.9 Å². The molecule has 1 aliphatic rings. The molecule has 0 saturated heterocycles. The highest BCUT2D eigenvalue weighted by Crippen LogP contribution is 2.36. The topological polar surface area (TPSA) is 29.9 Å². The second-order valence-corrected chi connectivity index (χ2v) is 7.83. The van der Waals surface area contributed by atoms with Crippen molar-refractivity contribution in [1.29, 1.82) is 0 Å². The maximum absolute atomic E-state index is 6.44. The number of nitrogens with zero attached hydrogens (tertiary/aromatic N) is 2. The molecule has 0 unspecified atom stereocenters. The van der Waals surface area contributed by atoms with Crippen molar-refractivity contribution in [3.8, 4) is 16.9 Å². The first-order valence-corrected chi connectivity index (χ1v) is 9.75. The molecule has 1 aromatic heterocycles. The minimum absolute atomic E-state index is 0.589. The predicted octanol–water partition coefficient (Wildman–Crippen LogP) is 6.36. The van der Waals surface area contributed by atoms with Crippen molar-refractivity contribution in [3.05, 3.63) is 62.5 Å². The van der Waals surface area contributed by atoms with E-state index >= 15 is 0 Å². The lowest BCUT2D eigenvalue weighted by Gasteiger charge is -2.10. The third kappa shape index (κ3) is 3.31. The Morgan fingerprint density at radius 3 is 2.60 bits per heavy atom. The summed E-state index contributed by atoms with van der Waals surface area (Å²) < 4.78 is 2.97. The number of benzene rings is 2. The van der Waals surface area contributed by atoms with Gasteiger partial charge >= 0.3 is 0 Å². The minimum atomic E-state index is 0.589. The smallest absolute Gasteiger partial charge is 0.133 e. The van der Waals surface area contributed by atoms with Gasteiger partial charge < -0.3 is 5.32 Å². The van der Waals surface area contributed by atoms with Gasteiger partial charge in [0.25, 0.3) is 0 Å². The van der Waals surface area contributed by atoms with Gasteiger partial charge in [-0.15, -0.1) is 0 Å². The maximum Gasteiger partial charge on any atom is 0.133 e.